The van der Waals surface area contributed by atoms with E-state index < -0.39 is 12.0 Å². The van der Waals surface area contributed by atoms with Crippen LogP contribution in [0.2, 0.25) is 0 Å². The highest BCUT2D eigenvalue weighted by atomic mass is 16.4. The fourth-order valence-electron chi connectivity index (χ4n) is 3.16. The Balaban J connectivity index is 1.43. The fraction of sp³-hybridized carbons (Fsp3) is 0.190. The summed E-state index contributed by atoms with van der Waals surface area (Å²) in [6.45, 7) is 0.649. The number of aliphatic carboxylic acids is 1. The lowest BCUT2D eigenvalue weighted by Crippen LogP contribution is -2.34. The number of carbonyl (C=O) groups is 1. The summed E-state index contributed by atoms with van der Waals surface area (Å²) in [4.78, 5) is 23.5. The average Bonchev–Trinajstić information content (AvgIpc) is 3.22. The van der Waals surface area contributed by atoms with Gasteiger partial charge in [-0.2, -0.15) is 20.1 Å². The highest BCUT2D eigenvalue weighted by Gasteiger charge is 2.15. The van der Waals surface area contributed by atoms with Crippen LogP contribution in [-0.4, -0.2) is 48.4 Å². The van der Waals surface area contributed by atoms with Crippen molar-refractivity contribution in [1.82, 2.24) is 24.7 Å². The van der Waals surface area contributed by atoms with E-state index in [0.717, 1.165) is 6.42 Å². The van der Waals surface area contributed by atoms with E-state index in [1.54, 1.807) is 12.3 Å². The molecule has 2 aromatic heterocycles. The molecule has 158 valence electrons. The second-order valence-electron chi connectivity index (χ2n) is 7.07. The van der Waals surface area contributed by atoms with Gasteiger partial charge in [0.05, 0.1) is 6.54 Å². The summed E-state index contributed by atoms with van der Waals surface area (Å²) in [5, 5.41) is 18.8. The number of nitrogens with two attached hydrogens (primary N) is 2. The molecule has 0 aliphatic heterocycles. The molecule has 0 bridgehead atoms. The maximum Gasteiger partial charge on any atom is 0.322 e. The van der Waals surface area contributed by atoms with Gasteiger partial charge in [-0.1, -0.05) is 42.5 Å². The molecule has 2 heterocycles. The van der Waals surface area contributed by atoms with Gasteiger partial charge in [0.1, 0.15) is 11.7 Å². The molecule has 0 saturated heterocycles. The Morgan fingerprint density at radius 2 is 1.90 bits per heavy atom. The third-order valence-corrected chi connectivity index (χ3v) is 4.73. The van der Waals surface area contributed by atoms with Gasteiger partial charge in [-0.3, -0.25) is 9.48 Å². The Bertz CT molecular complexity index is 1220. The van der Waals surface area contributed by atoms with Crippen LogP contribution < -0.4 is 16.8 Å². The van der Waals surface area contributed by atoms with Crippen molar-refractivity contribution in [2.45, 2.75) is 19.0 Å². The largest absolute Gasteiger partial charge is 0.480 e. The summed E-state index contributed by atoms with van der Waals surface area (Å²) >= 11 is 0. The van der Waals surface area contributed by atoms with Gasteiger partial charge in [-0.05, 0) is 28.8 Å². The quantitative estimate of drug-likeness (QED) is 0.333. The lowest BCUT2D eigenvalue weighted by molar-refractivity contribution is -0.138. The molecular formula is C21H22N8O2. The predicted octanol–water partition coefficient (Wildman–Crippen LogP) is 1.54. The van der Waals surface area contributed by atoms with Crippen LogP contribution in [0.5, 0.6) is 0 Å². The minimum atomic E-state index is -1.10. The number of hydrogen-bond acceptors (Lipinski definition) is 8. The van der Waals surface area contributed by atoms with E-state index in [1.165, 1.54) is 21.0 Å². The third kappa shape index (κ3) is 4.93. The number of carboxylic acids is 1. The van der Waals surface area contributed by atoms with Crippen molar-refractivity contribution in [3.05, 3.63) is 60.3 Å². The van der Waals surface area contributed by atoms with Crippen LogP contribution in [0, 0.1) is 0 Å². The molecule has 4 aromatic rings. The van der Waals surface area contributed by atoms with Crippen LogP contribution in [0.15, 0.2) is 54.7 Å². The smallest absolute Gasteiger partial charge is 0.322 e. The number of aromatic nitrogens is 5. The Hall–Kier alpha value is -4.05. The van der Waals surface area contributed by atoms with Gasteiger partial charge < -0.3 is 21.9 Å². The first kappa shape index (κ1) is 20.2. The first-order valence-corrected chi connectivity index (χ1v) is 9.73. The highest BCUT2D eigenvalue weighted by Crippen LogP contribution is 2.17. The zero-order chi connectivity index (χ0) is 21.8. The van der Waals surface area contributed by atoms with Crippen molar-refractivity contribution >= 4 is 28.6 Å². The molecule has 0 amide bonds. The summed E-state index contributed by atoms with van der Waals surface area (Å²) in [5.74, 6) is -0.391. The van der Waals surface area contributed by atoms with Gasteiger partial charge >= 0.3 is 5.97 Å². The molecule has 10 nitrogen and oxygen atoms in total. The van der Waals surface area contributed by atoms with Crippen molar-refractivity contribution < 1.29 is 9.90 Å². The summed E-state index contributed by atoms with van der Waals surface area (Å²) < 4.78 is 1.43. The molecule has 0 spiro atoms. The van der Waals surface area contributed by atoms with E-state index in [0.29, 0.717) is 24.0 Å². The maximum atomic E-state index is 10.9. The second-order valence-corrected chi connectivity index (χ2v) is 7.07. The topological polar surface area (TPSA) is 158 Å². The molecule has 0 aliphatic carbocycles. The van der Waals surface area contributed by atoms with Gasteiger partial charge in [0.2, 0.25) is 11.9 Å². The lowest BCUT2D eigenvalue weighted by Gasteiger charge is -2.08. The number of hydrogen-bond donors (Lipinski definition) is 4. The van der Waals surface area contributed by atoms with Crippen LogP contribution in [0.4, 0.5) is 11.9 Å². The van der Waals surface area contributed by atoms with E-state index in [1.807, 2.05) is 12.1 Å². The Morgan fingerprint density at radius 1 is 1.10 bits per heavy atom. The van der Waals surface area contributed by atoms with E-state index >= 15 is 0 Å². The molecule has 10 heteroatoms. The van der Waals surface area contributed by atoms with E-state index in [-0.39, 0.29) is 12.5 Å². The molecule has 0 radical (unpaired) electrons. The third-order valence-electron chi connectivity index (χ3n) is 4.73. The number of fused-ring (bicyclic) bond motifs is 1. The van der Waals surface area contributed by atoms with Crippen molar-refractivity contribution in [1.29, 1.82) is 0 Å². The van der Waals surface area contributed by atoms with Gasteiger partial charge in [0.15, 0.2) is 5.82 Å². The Morgan fingerprint density at radius 3 is 2.71 bits per heavy atom. The standard InChI is InChI=1S/C21H22N8O2/c22-16(19(30)31)12-29-10-8-17(28-29)18-25-20(23)27-21(26-18)24-9-7-13-5-6-14-3-1-2-4-15(14)11-13/h1-6,8,10-11,16H,7,9,12,22H2,(H,30,31)(H3,23,24,25,26,27)/t16-/m0/s1. The summed E-state index contributed by atoms with van der Waals surface area (Å²) in [6, 6.07) is 15.2. The minimum absolute atomic E-state index is 0.0345. The summed E-state index contributed by atoms with van der Waals surface area (Å²) in [5.41, 5.74) is 13.0. The van der Waals surface area contributed by atoms with Crippen LogP contribution >= 0.6 is 0 Å². The molecule has 31 heavy (non-hydrogen) atoms. The molecular weight excluding hydrogens is 396 g/mol. The van der Waals surface area contributed by atoms with E-state index in [4.69, 9.17) is 16.6 Å². The van der Waals surface area contributed by atoms with E-state index in [2.05, 4.69) is 55.7 Å². The number of nitrogens with one attached hydrogen (secondary N) is 1. The van der Waals surface area contributed by atoms with Crippen molar-refractivity contribution in [3.63, 3.8) is 0 Å². The minimum Gasteiger partial charge on any atom is -0.480 e. The zero-order valence-corrected chi connectivity index (χ0v) is 16.6. The van der Waals surface area contributed by atoms with Crippen molar-refractivity contribution in [3.8, 4) is 11.5 Å². The number of anilines is 2. The Labute approximate surface area is 178 Å². The van der Waals surface area contributed by atoms with Crippen LogP contribution in [0.3, 0.4) is 0 Å². The zero-order valence-electron chi connectivity index (χ0n) is 16.6. The summed E-state index contributed by atoms with van der Waals surface area (Å²) in [6.07, 6.45) is 2.40. The summed E-state index contributed by atoms with van der Waals surface area (Å²) in [7, 11) is 0. The second kappa shape index (κ2) is 8.76. The predicted molar refractivity (Wildman–Crippen MR) is 117 cm³/mol. The van der Waals surface area contributed by atoms with Gasteiger partial charge in [-0.25, -0.2) is 0 Å². The van der Waals surface area contributed by atoms with Crippen molar-refractivity contribution in [2.24, 2.45) is 5.73 Å². The first-order valence-electron chi connectivity index (χ1n) is 9.73. The van der Waals surface area contributed by atoms with Crippen LogP contribution in [0.25, 0.3) is 22.3 Å². The average molecular weight is 418 g/mol. The molecule has 2 aromatic carbocycles. The van der Waals surface area contributed by atoms with Crippen molar-refractivity contribution in [2.75, 3.05) is 17.6 Å². The van der Waals surface area contributed by atoms with E-state index in [9.17, 15) is 4.79 Å². The van der Waals surface area contributed by atoms with Crippen LogP contribution in [0.1, 0.15) is 5.56 Å². The first-order chi connectivity index (χ1) is 15.0. The maximum absolute atomic E-state index is 10.9. The number of benzene rings is 2. The number of nitrogen functional groups attached to an aromatic ring is 1. The molecule has 6 N–H and O–H groups in total. The van der Waals surface area contributed by atoms with Gasteiger partial charge in [0.25, 0.3) is 0 Å². The Kier molecular flexibility index (Phi) is 5.72. The van der Waals surface area contributed by atoms with Crippen LogP contribution in [-0.2, 0) is 17.8 Å². The number of rotatable bonds is 8. The van der Waals surface area contributed by atoms with Gasteiger partial charge in [-0.15, -0.1) is 0 Å². The molecule has 0 fully saturated rings. The normalized spacial score (nSPS) is 12.0. The number of carboxylic acid groups (broad SMARTS) is 1. The molecule has 0 unspecified atom stereocenters. The SMILES string of the molecule is Nc1nc(NCCc2ccc3ccccc3c2)nc(-c2ccn(C[C@H](N)C(=O)O)n2)n1. The highest BCUT2D eigenvalue weighted by molar-refractivity contribution is 5.83. The number of nitrogens with zero attached hydrogens (tertiary/aromatic N) is 5. The van der Waals surface area contributed by atoms with Gasteiger partial charge in [0, 0.05) is 12.7 Å². The fourth-order valence-corrected chi connectivity index (χ4v) is 3.16. The molecule has 1 atom stereocenters. The lowest BCUT2D eigenvalue weighted by atomic mass is 10.1. The molecule has 0 saturated carbocycles. The monoisotopic (exact) mass is 418 g/mol. The molecule has 0 aliphatic rings. The molecule has 4 rings (SSSR count).